The summed E-state index contributed by atoms with van der Waals surface area (Å²) in [5.41, 5.74) is -0.299. The van der Waals surface area contributed by atoms with Gasteiger partial charge in [-0.1, -0.05) is 17.7 Å². The quantitative estimate of drug-likeness (QED) is 0.482. The summed E-state index contributed by atoms with van der Waals surface area (Å²) in [6.45, 7) is 1.51. The monoisotopic (exact) mass is 451 g/mol. The third kappa shape index (κ3) is 4.88. The van der Waals surface area contributed by atoms with Gasteiger partial charge in [-0.25, -0.2) is 4.39 Å². The average Bonchev–Trinajstić information content (AvgIpc) is 3.28. The van der Waals surface area contributed by atoms with E-state index >= 15 is 0 Å². The molecule has 1 aliphatic heterocycles. The Bertz CT molecular complexity index is 961. The summed E-state index contributed by atoms with van der Waals surface area (Å²) in [6.07, 6.45) is 1.91. The lowest BCUT2D eigenvalue weighted by molar-refractivity contribution is -0.385. The standard InChI is InChI=1S/C21H23ClFN3O5/c1-30-18-10-13(16(26(28)29)11-19(18)31-2)21(27)24-12-17(25-8-3-4-9-25)20-14(22)6-5-7-15(20)23/h5-7,10-11,17H,3-4,8-9,12H2,1-2H3,(H,24,27). The molecule has 0 bridgehead atoms. The number of ether oxygens (including phenoxy) is 2. The fourth-order valence-corrected chi connectivity index (χ4v) is 4.07. The Kier molecular flexibility index (Phi) is 7.29. The highest BCUT2D eigenvalue weighted by Crippen LogP contribution is 2.35. The van der Waals surface area contributed by atoms with E-state index in [9.17, 15) is 19.3 Å². The third-order valence-electron chi connectivity index (χ3n) is 5.31. The van der Waals surface area contributed by atoms with E-state index in [1.165, 1.54) is 32.4 Å². The lowest BCUT2D eigenvalue weighted by Gasteiger charge is -2.29. The maximum atomic E-state index is 14.6. The Balaban J connectivity index is 1.90. The Morgan fingerprint density at radius 3 is 2.48 bits per heavy atom. The zero-order valence-electron chi connectivity index (χ0n) is 17.2. The molecule has 1 heterocycles. The molecule has 3 rings (SSSR count). The van der Waals surface area contributed by atoms with E-state index in [1.54, 1.807) is 6.07 Å². The molecule has 0 aliphatic carbocycles. The highest BCUT2D eigenvalue weighted by Gasteiger charge is 2.30. The summed E-state index contributed by atoms with van der Waals surface area (Å²) in [5.74, 6) is -0.814. The van der Waals surface area contributed by atoms with Gasteiger partial charge in [0, 0.05) is 23.2 Å². The van der Waals surface area contributed by atoms with Crippen LogP contribution >= 0.6 is 11.6 Å². The molecule has 0 spiro atoms. The lowest BCUT2D eigenvalue weighted by Crippen LogP contribution is -2.37. The molecule has 2 aromatic carbocycles. The maximum Gasteiger partial charge on any atom is 0.286 e. The van der Waals surface area contributed by atoms with Crippen LogP contribution in [-0.2, 0) is 0 Å². The van der Waals surface area contributed by atoms with E-state index in [1.807, 2.05) is 4.90 Å². The van der Waals surface area contributed by atoms with Gasteiger partial charge < -0.3 is 14.8 Å². The van der Waals surface area contributed by atoms with E-state index in [0.717, 1.165) is 32.0 Å². The number of rotatable bonds is 8. The SMILES string of the molecule is COc1cc(C(=O)NCC(c2c(F)cccc2Cl)N2CCCC2)c([N+](=O)[O-])cc1OC. The number of carbonyl (C=O) groups is 1. The van der Waals surface area contributed by atoms with Gasteiger partial charge in [-0.15, -0.1) is 0 Å². The van der Waals surface area contributed by atoms with Crippen molar-refractivity contribution in [1.29, 1.82) is 0 Å². The second kappa shape index (κ2) is 9.93. The van der Waals surface area contributed by atoms with Gasteiger partial charge in [-0.2, -0.15) is 0 Å². The number of halogens is 2. The van der Waals surface area contributed by atoms with Gasteiger partial charge in [0.15, 0.2) is 11.5 Å². The predicted molar refractivity (Wildman–Crippen MR) is 113 cm³/mol. The van der Waals surface area contributed by atoms with Crippen LogP contribution in [0.2, 0.25) is 5.02 Å². The zero-order valence-corrected chi connectivity index (χ0v) is 17.9. The first-order chi connectivity index (χ1) is 14.9. The third-order valence-corrected chi connectivity index (χ3v) is 5.64. The molecule has 166 valence electrons. The van der Waals surface area contributed by atoms with Gasteiger partial charge in [0.05, 0.1) is 31.3 Å². The number of carbonyl (C=O) groups excluding carboxylic acids is 1. The van der Waals surface area contributed by atoms with Crippen molar-refractivity contribution in [1.82, 2.24) is 10.2 Å². The molecule has 1 fully saturated rings. The summed E-state index contributed by atoms with van der Waals surface area (Å²) < 4.78 is 24.9. The Morgan fingerprint density at radius 1 is 1.26 bits per heavy atom. The van der Waals surface area contributed by atoms with Crippen molar-refractivity contribution < 1.29 is 23.6 Å². The van der Waals surface area contributed by atoms with E-state index < -0.39 is 28.4 Å². The molecular weight excluding hydrogens is 429 g/mol. The molecule has 2 aromatic rings. The molecule has 1 saturated heterocycles. The number of nitrogens with zero attached hydrogens (tertiary/aromatic N) is 2. The minimum absolute atomic E-state index is 0.0327. The zero-order chi connectivity index (χ0) is 22.5. The van der Waals surface area contributed by atoms with E-state index in [4.69, 9.17) is 21.1 Å². The van der Waals surface area contributed by atoms with Crippen LogP contribution in [0, 0.1) is 15.9 Å². The predicted octanol–water partition coefficient (Wildman–Crippen LogP) is 3.97. The molecule has 10 heteroatoms. The Hall–Kier alpha value is -2.91. The molecular formula is C21H23ClFN3O5. The molecule has 1 atom stereocenters. The van der Waals surface area contributed by atoms with Crippen LogP contribution in [0.1, 0.15) is 34.8 Å². The van der Waals surface area contributed by atoms with Crippen LogP contribution in [0.25, 0.3) is 0 Å². The number of methoxy groups -OCH3 is 2. The number of hydrogen-bond acceptors (Lipinski definition) is 6. The smallest absolute Gasteiger partial charge is 0.286 e. The minimum atomic E-state index is -0.677. The lowest BCUT2D eigenvalue weighted by atomic mass is 10.0. The second-order valence-electron chi connectivity index (χ2n) is 7.09. The molecule has 1 aliphatic rings. The first kappa shape index (κ1) is 22.8. The van der Waals surface area contributed by atoms with Gasteiger partial charge in [0.25, 0.3) is 11.6 Å². The van der Waals surface area contributed by atoms with Crippen molar-refractivity contribution in [2.75, 3.05) is 33.9 Å². The van der Waals surface area contributed by atoms with Crippen molar-refractivity contribution in [2.24, 2.45) is 0 Å². The topological polar surface area (TPSA) is 93.9 Å². The number of benzene rings is 2. The number of nitrogens with one attached hydrogen (secondary N) is 1. The van der Waals surface area contributed by atoms with Crippen molar-refractivity contribution in [3.8, 4) is 11.5 Å². The summed E-state index contributed by atoms with van der Waals surface area (Å²) >= 11 is 6.28. The number of amides is 1. The number of nitro benzene ring substituents is 1. The molecule has 8 nitrogen and oxygen atoms in total. The number of hydrogen-bond donors (Lipinski definition) is 1. The first-order valence-corrected chi connectivity index (χ1v) is 10.1. The van der Waals surface area contributed by atoms with Crippen molar-refractivity contribution in [3.05, 3.63) is 62.4 Å². The van der Waals surface area contributed by atoms with Crippen LogP contribution in [0.5, 0.6) is 11.5 Å². The van der Waals surface area contributed by atoms with Gasteiger partial charge in [-0.3, -0.25) is 19.8 Å². The van der Waals surface area contributed by atoms with E-state index in [0.29, 0.717) is 5.56 Å². The Morgan fingerprint density at radius 2 is 1.90 bits per heavy atom. The molecule has 0 saturated carbocycles. The fourth-order valence-electron chi connectivity index (χ4n) is 3.78. The van der Waals surface area contributed by atoms with E-state index in [-0.39, 0.29) is 28.6 Å². The second-order valence-corrected chi connectivity index (χ2v) is 7.49. The van der Waals surface area contributed by atoms with Crippen LogP contribution in [0.3, 0.4) is 0 Å². The highest BCUT2D eigenvalue weighted by atomic mass is 35.5. The molecule has 0 radical (unpaired) electrons. The van der Waals surface area contributed by atoms with Gasteiger partial charge in [0.2, 0.25) is 0 Å². The normalized spacial score (nSPS) is 14.8. The number of nitro groups is 1. The van der Waals surface area contributed by atoms with Gasteiger partial charge in [0.1, 0.15) is 11.4 Å². The summed E-state index contributed by atoms with van der Waals surface area (Å²) in [7, 11) is 2.72. The molecule has 1 amide bonds. The highest BCUT2D eigenvalue weighted by molar-refractivity contribution is 6.31. The van der Waals surface area contributed by atoms with Crippen molar-refractivity contribution in [3.63, 3.8) is 0 Å². The van der Waals surface area contributed by atoms with Gasteiger partial charge in [-0.05, 0) is 38.1 Å². The van der Waals surface area contributed by atoms with Gasteiger partial charge >= 0.3 is 0 Å². The Labute approximate surface area is 184 Å². The molecule has 31 heavy (non-hydrogen) atoms. The van der Waals surface area contributed by atoms with Crippen molar-refractivity contribution in [2.45, 2.75) is 18.9 Å². The summed E-state index contributed by atoms with van der Waals surface area (Å²) in [5, 5.41) is 14.5. The van der Waals surface area contributed by atoms with Crippen LogP contribution < -0.4 is 14.8 Å². The van der Waals surface area contributed by atoms with Crippen LogP contribution in [0.4, 0.5) is 10.1 Å². The average molecular weight is 452 g/mol. The summed E-state index contributed by atoms with van der Waals surface area (Å²) in [6, 6.07) is 6.34. The van der Waals surface area contributed by atoms with Crippen LogP contribution in [0.15, 0.2) is 30.3 Å². The minimum Gasteiger partial charge on any atom is -0.493 e. The molecule has 1 N–H and O–H groups in total. The molecule has 0 aromatic heterocycles. The van der Waals surface area contributed by atoms with E-state index in [2.05, 4.69) is 5.32 Å². The van der Waals surface area contributed by atoms with Crippen molar-refractivity contribution >= 4 is 23.2 Å². The fraction of sp³-hybridized carbons (Fsp3) is 0.381. The van der Waals surface area contributed by atoms with Crippen LogP contribution in [-0.4, -0.2) is 49.6 Å². The molecule has 1 unspecified atom stereocenters. The number of likely N-dealkylation sites (tertiary alicyclic amines) is 1. The summed E-state index contributed by atoms with van der Waals surface area (Å²) in [4.78, 5) is 25.8. The maximum absolute atomic E-state index is 14.6. The largest absolute Gasteiger partial charge is 0.493 e. The first-order valence-electron chi connectivity index (χ1n) is 9.74.